The first-order valence-corrected chi connectivity index (χ1v) is 7.70. The molecule has 9 heteroatoms. The van der Waals surface area contributed by atoms with Crippen molar-refractivity contribution in [3.63, 3.8) is 0 Å². The number of hydrogen-bond acceptors (Lipinski definition) is 7. The van der Waals surface area contributed by atoms with Crippen LogP contribution in [0, 0.1) is 12.8 Å². The van der Waals surface area contributed by atoms with E-state index in [1.165, 1.54) is 0 Å². The summed E-state index contributed by atoms with van der Waals surface area (Å²) in [5.41, 5.74) is 0.739. The highest BCUT2D eigenvalue weighted by molar-refractivity contribution is 5.90. The van der Waals surface area contributed by atoms with E-state index >= 15 is 0 Å². The summed E-state index contributed by atoms with van der Waals surface area (Å²) in [5, 5.41) is 15.4. The third kappa shape index (κ3) is 2.64. The summed E-state index contributed by atoms with van der Waals surface area (Å²) in [6.45, 7) is 4.16. The standard InChI is InChI=1S/C15H16N8O/c1-10-19-20-12-3-4-13(21-23(10)12)22-8-11(9-22)7-18-15(24)14-16-5-2-6-17-14/h2-6,11H,7-9H2,1H3,(H,18,24). The molecule has 1 saturated heterocycles. The third-order valence-corrected chi connectivity index (χ3v) is 4.01. The van der Waals surface area contributed by atoms with Crippen LogP contribution in [-0.4, -0.2) is 55.3 Å². The molecule has 1 fully saturated rings. The van der Waals surface area contributed by atoms with Crippen molar-refractivity contribution in [2.45, 2.75) is 6.92 Å². The quantitative estimate of drug-likeness (QED) is 0.725. The summed E-state index contributed by atoms with van der Waals surface area (Å²) < 4.78 is 1.73. The molecule has 4 heterocycles. The van der Waals surface area contributed by atoms with Gasteiger partial charge >= 0.3 is 0 Å². The van der Waals surface area contributed by atoms with Crippen LogP contribution >= 0.6 is 0 Å². The fourth-order valence-electron chi connectivity index (χ4n) is 2.67. The van der Waals surface area contributed by atoms with Gasteiger partial charge in [-0.3, -0.25) is 4.79 Å². The number of anilines is 1. The van der Waals surface area contributed by atoms with Gasteiger partial charge in [0, 0.05) is 37.9 Å². The lowest BCUT2D eigenvalue weighted by Gasteiger charge is -2.40. The molecule has 0 unspecified atom stereocenters. The van der Waals surface area contributed by atoms with Crippen LogP contribution in [0.3, 0.4) is 0 Å². The zero-order valence-corrected chi connectivity index (χ0v) is 13.1. The van der Waals surface area contributed by atoms with Crippen molar-refractivity contribution in [1.82, 2.24) is 35.1 Å². The van der Waals surface area contributed by atoms with Gasteiger partial charge in [0.25, 0.3) is 5.91 Å². The molecule has 1 aliphatic heterocycles. The summed E-state index contributed by atoms with van der Waals surface area (Å²) in [5.74, 6) is 1.99. The number of fused-ring (bicyclic) bond motifs is 1. The average Bonchev–Trinajstić information content (AvgIpc) is 2.95. The van der Waals surface area contributed by atoms with Crippen LogP contribution in [0.4, 0.5) is 5.82 Å². The van der Waals surface area contributed by atoms with Gasteiger partial charge in [-0.15, -0.1) is 15.3 Å². The van der Waals surface area contributed by atoms with E-state index in [1.807, 2.05) is 19.1 Å². The molecule has 9 nitrogen and oxygen atoms in total. The van der Waals surface area contributed by atoms with Crippen molar-refractivity contribution >= 4 is 17.4 Å². The molecule has 4 rings (SSSR count). The monoisotopic (exact) mass is 324 g/mol. The molecule has 1 amide bonds. The Hall–Kier alpha value is -3.10. The van der Waals surface area contributed by atoms with Crippen molar-refractivity contribution < 1.29 is 4.79 Å². The topological polar surface area (TPSA) is 101 Å². The second-order valence-corrected chi connectivity index (χ2v) is 5.76. The number of nitrogens with one attached hydrogen (secondary N) is 1. The molecule has 0 aromatic carbocycles. The summed E-state index contributed by atoms with van der Waals surface area (Å²) in [7, 11) is 0. The van der Waals surface area contributed by atoms with Gasteiger partial charge in [0.1, 0.15) is 5.82 Å². The van der Waals surface area contributed by atoms with Gasteiger partial charge in [-0.25, -0.2) is 9.97 Å². The van der Waals surface area contributed by atoms with Gasteiger partial charge < -0.3 is 10.2 Å². The van der Waals surface area contributed by atoms with Crippen molar-refractivity contribution in [3.8, 4) is 0 Å². The fraction of sp³-hybridized carbons (Fsp3) is 0.333. The Kier molecular flexibility index (Phi) is 3.52. The van der Waals surface area contributed by atoms with E-state index in [-0.39, 0.29) is 11.7 Å². The van der Waals surface area contributed by atoms with Gasteiger partial charge in [0.2, 0.25) is 5.82 Å². The molecule has 1 N–H and O–H groups in total. The molecule has 0 saturated carbocycles. The largest absolute Gasteiger partial charge is 0.354 e. The van der Waals surface area contributed by atoms with Gasteiger partial charge in [0.05, 0.1) is 0 Å². The molecule has 0 aliphatic carbocycles. The number of nitrogens with zero attached hydrogens (tertiary/aromatic N) is 7. The van der Waals surface area contributed by atoms with Gasteiger partial charge in [0.15, 0.2) is 11.5 Å². The molecular weight excluding hydrogens is 308 g/mol. The lowest BCUT2D eigenvalue weighted by Crippen LogP contribution is -2.52. The van der Waals surface area contributed by atoms with Crippen LogP contribution in [0.5, 0.6) is 0 Å². The number of rotatable bonds is 4. The second-order valence-electron chi connectivity index (χ2n) is 5.76. The van der Waals surface area contributed by atoms with Crippen molar-refractivity contribution in [1.29, 1.82) is 0 Å². The molecule has 3 aromatic heterocycles. The first kappa shape index (κ1) is 14.5. The van der Waals surface area contributed by atoms with E-state index in [0.717, 1.165) is 30.4 Å². The molecule has 3 aromatic rings. The van der Waals surface area contributed by atoms with E-state index < -0.39 is 0 Å². The first-order valence-electron chi connectivity index (χ1n) is 7.70. The fourth-order valence-corrected chi connectivity index (χ4v) is 2.67. The Morgan fingerprint density at radius 2 is 2.04 bits per heavy atom. The molecule has 1 aliphatic rings. The van der Waals surface area contributed by atoms with Gasteiger partial charge in [-0.05, 0) is 25.1 Å². The zero-order chi connectivity index (χ0) is 16.5. The van der Waals surface area contributed by atoms with E-state index in [1.54, 1.807) is 23.0 Å². The Morgan fingerprint density at radius 3 is 2.83 bits per heavy atom. The number of carbonyl (C=O) groups excluding carboxylic acids is 1. The molecule has 0 radical (unpaired) electrons. The summed E-state index contributed by atoms with van der Waals surface area (Å²) in [6, 6.07) is 5.53. The smallest absolute Gasteiger partial charge is 0.289 e. The minimum absolute atomic E-state index is 0.198. The predicted molar refractivity (Wildman–Crippen MR) is 85.6 cm³/mol. The van der Waals surface area contributed by atoms with Crippen LogP contribution in [0.15, 0.2) is 30.6 Å². The van der Waals surface area contributed by atoms with E-state index in [0.29, 0.717) is 12.5 Å². The molecule has 0 bridgehead atoms. The Balaban J connectivity index is 1.32. The SMILES string of the molecule is Cc1nnc2ccc(N3CC(CNC(=O)c4ncccn4)C3)nn12. The highest BCUT2D eigenvalue weighted by atomic mass is 16.2. The Bertz CT molecular complexity index is 872. The lowest BCUT2D eigenvalue weighted by molar-refractivity contribution is 0.0934. The third-order valence-electron chi connectivity index (χ3n) is 4.01. The normalized spacial score (nSPS) is 14.6. The van der Waals surface area contributed by atoms with Crippen LogP contribution < -0.4 is 10.2 Å². The number of amides is 1. The van der Waals surface area contributed by atoms with Crippen LogP contribution in [0.25, 0.3) is 5.65 Å². The maximum Gasteiger partial charge on any atom is 0.289 e. The van der Waals surface area contributed by atoms with E-state index in [2.05, 4.69) is 35.5 Å². The second kappa shape index (κ2) is 5.84. The van der Waals surface area contributed by atoms with Crippen molar-refractivity contribution in [3.05, 3.63) is 42.2 Å². The predicted octanol–water partition coefficient (Wildman–Crippen LogP) is 0.0889. The highest BCUT2D eigenvalue weighted by Gasteiger charge is 2.28. The number of aryl methyl sites for hydroxylation is 1. The summed E-state index contributed by atoms with van der Waals surface area (Å²) in [4.78, 5) is 22.0. The van der Waals surface area contributed by atoms with E-state index in [4.69, 9.17) is 0 Å². The van der Waals surface area contributed by atoms with Crippen LogP contribution in [0.2, 0.25) is 0 Å². The van der Waals surface area contributed by atoms with E-state index in [9.17, 15) is 4.79 Å². The minimum Gasteiger partial charge on any atom is -0.354 e. The summed E-state index contributed by atoms with van der Waals surface area (Å²) >= 11 is 0. The molecule has 0 spiro atoms. The summed E-state index contributed by atoms with van der Waals surface area (Å²) in [6.07, 6.45) is 3.11. The number of hydrogen-bond donors (Lipinski definition) is 1. The van der Waals surface area contributed by atoms with Gasteiger partial charge in [-0.2, -0.15) is 4.52 Å². The van der Waals surface area contributed by atoms with Gasteiger partial charge in [-0.1, -0.05) is 0 Å². The minimum atomic E-state index is -0.242. The zero-order valence-electron chi connectivity index (χ0n) is 13.1. The Labute approximate surface area is 137 Å². The number of carbonyl (C=O) groups is 1. The Morgan fingerprint density at radius 1 is 1.25 bits per heavy atom. The maximum absolute atomic E-state index is 11.9. The number of aromatic nitrogens is 6. The lowest BCUT2D eigenvalue weighted by atomic mass is 10.0. The van der Waals surface area contributed by atoms with Crippen LogP contribution in [-0.2, 0) is 0 Å². The average molecular weight is 324 g/mol. The maximum atomic E-state index is 11.9. The first-order chi connectivity index (χ1) is 11.7. The molecule has 24 heavy (non-hydrogen) atoms. The molecule has 122 valence electrons. The van der Waals surface area contributed by atoms with Crippen molar-refractivity contribution in [2.75, 3.05) is 24.5 Å². The highest BCUT2D eigenvalue weighted by Crippen LogP contribution is 2.22. The molecule has 0 atom stereocenters. The van der Waals surface area contributed by atoms with Crippen molar-refractivity contribution in [2.24, 2.45) is 5.92 Å². The molecular formula is C15H16N8O. The van der Waals surface area contributed by atoms with Crippen LogP contribution in [0.1, 0.15) is 16.4 Å².